The van der Waals surface area contributed by atoms with Crippen molar-refractivity contribution in [1.29, 1.82) is 0 Å². The number of hydrogen-bond acceptors (Lipinski definition) is 3. The number of nitrogens with two attached hydrogens (primary N) is 1. The lowest BCUT2D eigenvalue weighted by atomic mass is 9.93. The summed E-state index contributed by atoms with van der Waals surface area (Å²) >= 11 is 3.46. The standard InChI is InChI=1S/C16H15BrFNO2/c1-20-14-5-2-9(6-12(14)17)15-8-13(19)11-4-3-10(18)7-16(11)21-15/h2-7,13,15H,8,19H2,1H3. The van der Waals surface area contributed by atoms with Gasteiger partial charge in [0, 0.05) is 24.1 Å². The monoisotopic (exact) mass is 351 g/mol. The van der Waals surface area contributed by atoms with E-state index >= 15 is 0 Å². The molecule has 1 aliphatic rings. The molecule has 110 valence electrons. The first-order valence-corrected chi connectivity index (χ1v) is 7.43. The summed E-state index contributed by atoms with van der Waals surface area (Å²) in [7, 11) is 1.62. The summed E-state index contributed by atoms with van der Waals surface area (Å²) in [5.74, 6) is 0.952. The van der Waals surface area contributed by atoms with Crippen molar-refractivity contribution in [2.24, 2.45) is 5.73 Å². The summed E-state index contributed by atoms with van der Waals surface area (Å²) < 4.78 is 25.4. The Labute approximate surface area is 131 Å². The van der Waals surface area contributed by atoms with Crippen LogP contribution in [0, 0.1) is 5.82 Å². The topological polar surface area (TPSA) is 44.5 Å². The van der Waals surface area contributed by atoms with Crippen LogP contribution < -0.4 is 15.2 Å². The fourth-order valence-electron chi connectivity index (χ4n) is 2.56. The van der Waals surface area contributed by atoms with Crippen molar-refractivity contribution in [3.8, 4) is 11.5 Å². The zero-order chi connectivity index (χ0) is 15.0. The van der Waals surface area contributed by atoms with Crippen LogP contribution in [-0.4, -0.2) is 7.11 Å². The molecule has 0 saturated carbocycles. The van der Waals surface area contributed by atoms with Crippen molar-refractivity contribution in [1.82, 2.24) is 0 Å². The molecule has 0 aromatic heterocycles. The highest BCUT2D eigenvalue weighted by Crippen LogP contribution is 2.41. The predicted molar refractivity (Wildman–Crippen MR) is 82.0 cm³/mol. The normalized spacial score (nSPS) is 20.6. The van der Waals surface area contributed by atoms with Crippen LogP contribution in [0.2, 0.25) is 0 Å². The van der Waals surface area contributed by atoms with Gasteiger partial charge in [0.2, 0.25) is 0 Å². The molecule has 0 saturated heterocycles. The fraction of sp³-hybridized carbons (Fsp3) is 0.250. The molecule has 1 aliphatic heterocycles. The van der Waals surface area contributed by atoms with Gasteiger partial charge in [-0.05, 0) is 39.7 Å². The van der Waals surface area contributed by atoms with Gasteiger partial charge in [0.15, 0.2) is 0 Å². The fourth-order valence-corrected chi connectivity index (χ4v) is 3.12. The van der Waals surface area contributed by atoms with Crippen LogP contribution in [0.15, 0.2) is 40.9 Å². The van der Waals surface area contributed by atoms with Gasteiger partial charge in [-0.1, -0.05) is 12.1 Å². The molecule has 21 heavy (non-hydrogen) atoms. The molecule has 3 rings (SSSR count). The van der Waals surface area contributed by atoms with E-state index in [2.05, 4.69) is 15.9 Å². The summed E-state index contributed by atoms with van der Waals surface area (Å²) in [5.41, 5.74) is 8.01. The van der Waals surface area contributed by atoms with E-state index in [-0.39, 0.29) is 18.0 Å². The molecule has 2 atom stereocenters. The molecule has 2 unspecified atom stereocenters. The van der Waals surface area contributed by atoms with E-state index in [9.17, 15) is 4.39 Å². The molecule has 2 aromatic rings. The third-order valence-corrected chi connectivity index (χ3v) is 4.28. The molecule has 0 spiro atoms. The van der Waals surface area contributed by atoms with Crippen LogP contribution in [0.5, 0.6) is 11.5 Å². The van der Waals surface area contributed by atoms with Crippen molar-refractivity contribution < 1.29 is 13.9 Å². The predicted octanol–water partition coefficient (Wildman–Crippen LogP) is 4.12. The number of hydrogen-bond donors (Lipinski definition) is 1. The maximum atomic E-state index is 13.4. The highest BCUT2D eigenvalue weighted by Gasteiger charge is 2.27. The number of methoxy groups -OCH3 is 1. The first kappa shape index (κ1) is 14.4. The molecular formula is C16H15BrFNO2. The number of fused-ring (bicyclic) bond motifs is 1. The quantitative estimate of drug-likeness (QED) is 0.884. The lowest BCUT2D eigenvalue weighted by Crippen LogP contribution is -2.24. The Balaban J connectivity index is 1.93. The minimum absolute atomic E-state index is 0.166. The zero-order valence-corrected chi connectivity index (χ0v) is 13.1. The van der Waals surface area contributed by atoms with E-state index < -0.39 is 0 Å². The highest BCUT2D eigenvalue weighted by molar-refractivity contribution is 9.10. The Morgan fingerprint density at radius 2 is 2.10 bits per heavy atom. The van der Waals surface area contributed by atoms with Crippen LogP contribution in [0.25, 0.3) is 0 Å². The van der Waals surface area contributed by atoms with Crippen LogP contribution in [0.4, 0.5) is 4.39 Å². The number of halogens is 2. The van der Waals surface area contributed by atoms with Gasteiger partial charge in [-0.3, -0.25) is 0 Å². The van der Waals surface area contributed by atoms with Gasteiger partial charge in [0.1, 0.15) is 23.4 Å². The van der Waals surface area contributed by atoms with E-state index in [1.807, 2.05) is 18.2 Å². The van der Waals surface area contributed by atoms with Crippen LogP contribution in [-0.2, 0) is 0 Å². The maximum absolute atomic E-state index is 13.4. The molecular weight excluding hydrogens is 337 g/mol. The van der Waals surface area contributed by atoms with E-state index in [1.165, 1.54) is 12.1 Å². The SMILES string of the molecule is COc1ccc(C2CC(N)c3ccc(F)cc3O2)cc1Br. The van der Waals surface area contributed by atoms with Crippen LogP contribution in [0.3, 0.4) is 0 Å². The molecule has 1 heterocycles. The number of benzene rings is 2. The summed E-state index contributed by atoms with van der Waals surface area (Å²) in [5, 5.41) is 0. The van der Waals surface area contributed by atoms with Gasteiger partial charge < -0.3 is 15.2 Å². The molecule has 2 aromatic carbocycles. The van der Waals surface area contributed by atoms with Gasteiger partial charge >= 0.3 is 0 Å². The second-order valence-corrected chi connectivity index (χ2v) is 5.88. The second-order valence-electron chi connectivity index (χ2n) is 5.02. The van der Waals surface area contributed by atoms with Crippen molar-refractivity contribution in [2.45, 2.75) is 18.6 Å². The van der Waals surface area contributed by atoms with Gasteiger partial charge in [-0.15, -0.1) is 0 Å². The first-order chi connectivity index (χ1) is 10.1. The lowest BCUT2D eigenvalue weighted by Gasteiger charge is -2.30. The Kier molecular flexibility index (Phi) is 3.87. The average molecular weight is 352 g/mol. The molecule has 0 fully saturated rings. The second kappa shape index (κ2) is 5.66. The summed E-state index contributed by atoms with van der Waals surface area (Å²) in [4.78, 5) is 0. The molecule has 2 N–H and O–H groups in total. The van der Waals surface area contributed by atoms with E-state index in [4.69, 9.17) is 15.2 Å². The van der Waals surface area contributed by atoms with Crippen molar-refractivity contribution in [3.05, 3.63) is 57.8 Å². The summed E-state index contributed by atoms with van der Waals surface area (Å²) in [6.45, 7) is 0. The highest BCUT2D eigenvalue weighted by atomic mass is 79.9. The Morgan fingerprint density at radius 1 is 1.29 bits per heavy atom. The minimum atomic E-state index is -0.322. The summed E-state index contributed by atoms with van der Waals surface area (Å²) in [6.07, 6.45) is 0.453. The van der Waals surface area contributed by atoms with Gasteiger partial charge in [-0.25, -0.2) is 4.39 Å². The van der Waals surface area contributed by atoms with Crippen molar-refractivity contribution in [2.75, 3.05) is 7.11 Å². The smallest absolute Gasteiger partial charge is 0.133 e. The minimum Gasteiger partial charge on any atom is -0.496 e. The molecule has 0 radical (unpaired) electrons. The molecule has 0 aliphatic carbocycles. The van der Waals surface area contributed by atoms with Crippen molar-refractivity contribution >= 4 is 15.9 Å². The average Bonchev–Trinajstić information content (AvgIpc) is 2.46. The van der Waals surface area contributed by atoms with Crippen LogP contribution in [0.1, 0.15) is 29.7 Å². The van der Waals surface area contributed by atoms with Gasteiger partial charge in [-0.2, -0.15) is 0 Å². The van der Waals surface area contributed by atoms with E-state index in [1.54, 1.807) is 13.2 Å². The molecule has 3 nitrogen and oxygen atoms in total. The Bertz CT molecular complexity index is 677. The molecule has 5 heteroatoms. The Morgan fingerprint density at radius 3 is 2.81 bits per heavy atom. The van der Waals surface area contributed by atoms with Crippen molar-refractivity contribution in [3.63, 3.8) is 0 Å². The lowest BCUT2D eigenvalue weighted by molar-refractivity contribution is 0.160. The Hall–Kier alpha value is -1.59. The third-order valence-electron chi connectivity index (χ3n) is 3.66. The summed E-state index contributed by atoms with van der Waals surface area (Å²) in [6, 6.07) is 10.1. The zero-order valence-electron chi connectivity index (χ0n) is 11.5. The van der Waals surface area contributed by atoms with E-state index in [0.29, 0.717) is 12.2 Å². The third kappa shape index (κ3) is 2.76. The number of ether oxygens (including phenoxy) is 2. The largest absolute Gasteiger partial charge is 0.496 e. The first-order valence-electron chi connectivity index (χ1n) is 6.63. The van der Waals surface area contributed by atoms with Crippen LogP contribution >= 0.6 is 15.9 Å². The van der Waals surface area contributed by atoms with Gasteiger partial charge in [0.05, 0.1) is 11.6 Å². The molecule has 0 amide bonds. The number of rotatable bonds is 2. The van der Waals surface area contributed by atoms with Gasteiger partial charge in [0.25, 0.3) is 0 Å². The molecule has 0 bridgehead atoms. The maximum Gasteiger partial charge on any atom is 0.133 e. The van der Waals surface area contributed by atoms with E-state index in [0.717, 1.165) is 21.3 Å².